The van der Waals surface area contributed by atoms with E-state index in [1.807, 2.05) is 36.4 Å². The van der Waals surface area contributed by atoms with Gasteiger partial charge in [0.05, 0.1) is 11.4 Å². The highest BCUT2D eigenvalue weighted by Gasteiger charge is 2.20. The summed E-state index contributed by atoms with van der Waals surface area (Å²) in [7, 11) is 0. The molecule has 1 aromatic heterocycles. The molecule has 1 heterocycles. The number of hydrogen-bond donors (Lipinski definition) is 2. The number of aromatic nitrogens is 2. The van der Waals surface area contributed by atoms with E-state index >= 15 is 0 Å². The van der Waals surface area contributed by atoms with Gasteiger partial charge in [-0.05, 0) is 60.4 Å². The van der Waals surface area contributed by atoms with Crippen molar-refractivity contribution < 1.29 is 5.11 Å². The van der Waals surface area contributed by atoms with Crippen LogP contribution in [0.25, 0.3) is 5.69 Å². The van der Waals surface area contributed by atoms with Gasteiger partial charge in [-0.15, -0.1) is 10.2 Å². The van der Waals surface area contributed by atoms with E-state index in [2.05, 4.69) is 36.1 Å². The lowest BCUT2D eigenvalue weighted by atomic mass is 9.83. The molecule has 0 aliphatic heterocycles. The van der Waals surface area contributed by atoms with Crippen LogP contribution in [0.5, 0.6) is 5.75 Å². The lowest BCUT2D eigenvalue weighted by Gasteiger charge is -2.22. The second-order valence-corrected chi connectivity index (χ2v) is 9.77. The van der Waals surface area contributed by atoms with Gasteiger partial charge in [0.1, 0.15) is 11.4 Å². The molecule has 1 aliphatic carbocycles. The van der Waals surface area contributed by atoms with Crippen molar-refractivity contribution in [1.29, 1.82) is 0 Å². The van der Waals surface area contributed by atoms with Gasteiger partial charge in [0.25, 0.3) is 5.56 Å². The zero-order valence-corrected chi connectivity index (χ0v) is 19.4. The number of nitrogens with zero attached hydrogens (tertiary/aromatic N) is 3. The van der Waals surface area contributed by atoms with Crippen LogP contribution in [0.4, 0.5) is 11.4 Å². The molecule has 2 aromatic carbocycles. The van der Waals surface area contributed by atoms with Gasteiger partial charge in [0.15, 0.2) is 5.69 Å². The minimum Gasteiger partial charge on any atom is -0.505 e. The van der Waals surface area contributed by atoms with Gasteiger partial charge in [0.2, 0.25) is 0 Å². The fourth-order valence-electron chi connectivity index (χ4n) is 4.42. The minimum atomic E-state index is -0.266. The largest absolute Gasteiger partial charge is 0.505 e. The van der Waals surface area contributed by atoms with Gasteiger partial charge in [0, 0.05) is 0 Å². The molecule has 1 saturated carbocycles. The van der Waals surface area contributed by atoms with E-state index in [4.69, 9.17) is 0 Å². The third kappa shape index (κ3) is 4.40. The molecule has 1 fully saturated rings. The van der Waals surface area contributed by atoms with E-state index in [0.29, 0.717) is 17.3 Å². The van der Waals surface area contributed by atoms with Crippen molar-refractivity contribution >= 4 is 11.4 Å². The average Bonchev–Trinajstić information content (AvgIpc) is 3.06. The molecule has 0 amide bonds. The maximum atomic E-state index is 13.0. The van der Waals surface area contributed by atoms with Gasteiger partial charge in [-0.1, -0.05) is 64.3 Å². The van der Waals surface area contributed by atoms with Gasteiger partial charge >= 0.3 is 0 Å². The van der Waals surface area contributed by atoms with E-state index in [0.717, 1.165) is 24.1 Å². The van der Waals surface area contributed by atoms with Crippen molar-refractivity contribution in [2.24, 2.45) is 10.2 Å². The van der Waals surface area contributed by atoms with Crippen LogP contribution >= 0.6 is 0 Å². The summed E-state index contributed by atoms with van der Waals surface area (Å²) in [4.78, 5) is 13.0. The SMILES string of the molecule is Cc1[nH]n(-c2ccc(C(C)(C)C)cc2)c(=O)c1N=Nc1cccc(C2CCCCC2)c1O. The summed E-state index contributed by atoms with van der Waals surface area (Å²) in [5.41, 5.74) is 3.92. The quantitative estimate of drug-likeness (QED) is 0.438. The normalized spacial score (nSPS) is 15.5. The monoisotopic (exact) mass is 432 g/mol. The summed E-state index contributed by atoms with van der Waals surface area (Å²) >= 11 is 0. The molecule has 0 bridgehead atoms. The predicted molar refractivity (Wildman–Crippen MR) is 128 cm³/mol. The van der Waals surface area contributed by atoms with Crippen molar-refractivity contribution in [2.45, 2.75) is 71.1 Å². The highest BCUT2D eigenvalue weighted by Crippen LogP contribution is 2.41. The van der Waals surface area contributed by atoms with Crippen molar-refractivity contribution in [2.75, 3.05) is 0 Å². The number of aromatic amines is 1. The number of phenolic OH excluding ortho intramolecular Hbond substituents is 1. The zero-order chi connectivity index (χ0) is 22.9. The second-order valence-electron chi connectivity index (χ2n) is 9.77. The molecule has 0 atom stereocenters. The Kier molecular flexibility index (Phi) is 6.04. The van der Waals surface area contributed by atoms with E-state index < -0.39 is 0 Å². The van der Waals surface area contributed by atoms with Crippen LogP contribution in [-0.4, -0.2) is 14.9 Å². The van der Waals surface area contributed by atoms with Crippen molar-refractivity contribution in [3.63, 3.8) is 0 Å². The fourth-order valence-corrected chi connectivity index (χ4v) is 4.42. The first-order valence-electron chi connectivity index (χ1n) is 11.4. The number of benzene rings is 2. The number of H-pyrrole nitrogens is 1. The van der Waals surface area contributed by atoms with Gasteiger partial charge in [-0.25, -0.2) is 4.68 Å². The molecular weight excluding hydrogens is 400 g/mol. The molecule has 1 aliphatic rings. The third-order valence-electron chi connectivity index (χ3n) is 6.38. The van der Waals surface area contributed by atoms with Gasteiger partial charge in [-0.3, -0.25) is 9.89 Å². The van der Waals surface area contributed by atoms with Crippen LogP contribution in [-0.2, 0) is 5.41 Å². The summed E-state index contributed by atoms with van der Waals surface area (Å²) in [5, 5.41) is 22.4. The molecule has 0 radical (unpaired) electrons. The maximum Gasteiger partial charge on any atom is 0.299 e. The highest BCUT2D eigenvalue weighted by molar-refractivity contribution is 5.56. The molecule has 6 heteroatoms. The first kappa shape index (κ1) is 22.1. The van der Waals surface area contributed by atoms with Gasteiger partial charge in [-0.2, -0.15) is 0 Å². The fraction of sp³-hybridized carbons (Fsp3) is 0.423. The Hall–Kier alpha value is -3.15. The summed E-state index contributed by atoms with van der Waals surface area (Å²) in [5.74, 6) is 0.538. The summed E-state index contributed by atoms with van der Waals surface area (Å²) < 4.78 is 1.48. The van der Waals surface area contributed by atoms with Crippen molar-refractivity contribution in [1.82, 2.24) is 9.78 Å². The molecule has 6 nitrogen and oxygen atoms in total. The van der Waals surface area contributed by atoms with E-state index in [9.17, 15) is 9.90 Å². The van der Waals surface area contributed by atoms with Crippen molar-refractivity contribution in [3.05, 3.63) is 69.6 Å². The standard InChI is InChI=1S/C26H32N4O2/c1-17-23(25(32)30(29-17)20-15-13-19(14-16-20)26(2,3)4)28-27-22-12-8-11-21(24(22)31)18-9-6-5-7-10-18/h8,11-16,18,29,31H,5-7,9-10H2,1-4H3. The van der Waals surface area contributed by atoms with E-state index in [1.54, 1.807) is 13.0 Å². The molecule has 32 heavy (non-hydrogen) atoms. The predicted octanol–water partition coefficient (Wildman–Crippen LogP) is 6.94. The number of aryl methyl sites for hydroxylation is 1. The molecule has 0 unspecified atom stereocenters. The van der Waals surface area contributed by atoms with Crippen LogP contribution in [0, 0.1) is 6.92 Å². The van der Waals surface area contributed by atoms with Crippen LogP contribution in [0.15, 0.2) is 57.5 Å². The van der Waals surface area contributed by atoms with Crippen LogP contribution in [0.3, 0.4) is 0 Å². The minimum absolute atomic E-state index is 0.0443. The molecule has 3 aromatic rings. The molecule has 0 spiro atoms. The van der Waals surface area contributed by atoms with Crippen LogP contribution < -0.4 is 5.56 Å². The summed E-state index contributed by atoms with van der Waals surface area (Å²) in [6, 6.07) is 13.5. The Bertz CT molecular complexity index is 1170. The first-order valence-corrected chi connectivity index (χ1v) is 11.4. The summed E-state index contributed by atoms with van der Waals surface area (Å²) in [6.45, 7) is 8.27. The number of phenols is 1. The first-order chi connectivity index (χ1) is 15.3. The Morgan fingerprint density at radius 2 is 1.69 bits per heavy atom. The molecular formula is C26H32N4O2. The Labute approximate surface area is 189 Å². The second kappa shape index (κ2) is 8.77. The van der Waals surface area contributed by atoms with E-state index in [-0.39, 0.29) is 22.4 Å². The Morgan fingerprint density at radius 3 is 2.34 bits per heavy atom. The maximum absolute atomic E-state index is 13.0. The summed E-state index contributed by atoms with van der Waals surface area (Å²) in [6.07, 6.45) is 5.81. The zero-order valence-electron chi connectivity index (χ0n) is 19.4. The van der Waals surface area contributed by atoms with E-state index in [1.165, 1.54) is 29.5 Å². The highest BCUT2D eigenvalue weighted by atomic mass is 16.3. The molecule has 168 valence electrons. The number of azo groups is 1. The third-order valence-corrected chi connectivity index (χ3v) is 6.38. The van der Waals surface area contributed by atoms with Crippen molar-refractivity contribution in [3.8, 4) is 11.4 Å². The molecule has 2 N–H and O–H groups in total. The van der Waals surface area contributed by atoms with Crippen LogP contribution in [0.2, 0.25) is 0 Å². The van der Waals surface area contributed by atoms with Crippen LogP contribution in [0.1, 0.15) is 75.6 Å². The number of para-hydroxylation sites is 1. The molecule has 4 rings (SSSR count). The lowest BCUT2D eigenvalue weighted by molar-refractivity contribution is 0.415. The number of aromatic hydroxyl groups is 1. The number of nitrogens with one attached hydrogen (secondary N) is 1. The number of hydrogen-bond acceptors (Lipinski definition) is 4. The van der Waals surface area contributed by atoms with Gasteiger partial charge < -0.3 is 5.11 Å². The lowest BCUT2D eigenvalue weighted by Crippen LogP contribution is -2.15. The topological polar surface area (TPSA) is 82.7 Å². The Morgan fingerprint density at radius 1 is 1.00 bits per heavy atom. The molecule has 0 saturated heterocycles. The Balaban J connectivity index is 1.62. The smallest absolute Gasteiger partial charge is 0.299 e. The average molecular weight is 433 g/mol. The number of rotatable bonds is 4.